The predicted molar refractivity (Wildman–Crippen MR) is 107 cm³/mol. The quantitative estimate of drug-likeness (QED) is 0.452. The Kier molecular flexibility index (Phi) is 6.15. The summed E-state index contributed by atoms with van der Waals surface area (Å²) in [6, 6.07) is 5.67. The van der Waals surface area contributed by atoms with Gasteiger partial charge in [0.2, 0.25) is 11.8 Å². The SMILES string of the molecule is Cc1cccc(C)c1NC(=O)[C@H](C)OC(=O)CCN1C(=O)[C@H]2CC=CC[C@H]2C1=O. The van der Waals surface area contributed by atoms with Gasteiger partial charge in [-0.3, -0.25) is 24.1 Å². The van der Waals surface area contributed by atoms with E-state index in [1.54, 1.807) is 0 Å². The van der Waals surface area contributed by atoms with Crippen molar-refractivity contribution in [2.45, 2.75) is 46.1 Å². The molecule has 0 bridgehead atoms. The molecule has 29 heavy (non-hydrogen) atoms. The van der Waals surface area contributed by atoms with Gasteiger partial charge in [-0.2, -0.15) is 0 Å². The van der Waals surface area contributed by atoms with E-state index in [9.17, 15) is 19.2 Å². The Labute approximate surface area is 170 Å². The van der Waals surface area contributed by atoms with Crippen LogP contribution in [0.25, 0.3) is 0 Å². The van der Waals surface area contributed by atoms with Crippen LogP contribution >= 0.6 is 0 Å². The molecule has 0 unspecified atom stereocenters. The van der Waals surface area contributed by atoms with Crippen LogP contribution in [0, 0.1) is 25.7 Å². The summed E-state index contributed by atoms with van der Waals surface area (Å²) in [7, 11) is 0. The third kappa shape index (κ3) is 4.39. The summed E-state index contributed by atoms with van der Waals surface area (Å²) in [5, 5.41) is 2.79. The van der Waals surface area contributed by atoms with Crippen molar-refractivity contribution in [3.63, 3.8) is 0 Å². The second-order valence-electron chi connectivity index (χ2n) is 7.62. The summed E-state index contributed by atoms with van der Waals surface area (Å²) < 4.78 is 5.20. The van der Waals surface area contributed by atoms with Crippen molar-refractivity contribution in [3.05, 3.63) is 41.5 Å². The first-order chi connectivity index (χ1) is 13.8. The molecule has 3 amide bonds. The molecule has 7 heteroatoms. The summed E-state index contributed by atoms with van der Waals surface area (Å²) in [5.74, 6) is -2.13. The largest absolute Gasteiger partial charge is 0.452 e. The van der Waals surface area contributed by atoms with Gasteiger partial charge >= 0.3 is 5.97 Å². The van der Waals surface area contributed by atoms with E-state index < -0.39 is 18.0 Å². The third-order valence-corrected chi connectivity index (χ3v) is 5.55. The van der Waals surface area contributed by atoms with Crippen LogP contribution in [-0.2, 0) is 23.9 Å². The van der Waals surface area contributed by atoms with E-state index in [4.69, 9.17) is 4.74 Å². The monoisotopic (exact) mass is 398 g/mol. The van der Waals surface area contributed by atoms with Crippen LogP contribution in [-0.4, -0.2) is 41.2 Å². The fraction of sp³-hybridized carbons (Fsp3) is 0.455. The molecule has 7 nitrogen and oxygen atoms in total. The first kappa shape index (κ1) is 20.8. The highest BCUT2D eigenvalue weighted by Gasteiger charge is 2.47. The molecule has 3 rings (SSSR count). The van der Waals surface area contributed by atoms with Gasteiger partial charge < -0.3 is 10.1 Å². The van der Waals surface area contributed by atoms with E-state index in [0.29, 0.717) is 18.5 Å². The van der Waals surface area contributed by atoms with E-state index >= 15 is 0 Å². The summed E-state index contributed by atoms with van der Waals surface area (Å²) >= 11 is 0. The number of esters is 1. The summed E-state index contributed by atoms with van der Waals surface area (Å²) in [6.45, 7) is 5.24. The van der Waals surface area contributed by atoms with Crippen LogP contribution in [0.2, 0.25) is 0 Å². The van der Waals surface area contributed by atoms with E-state index in [2.05, 4.69) is 5.32 Å². The number of fused-ring (bicyclic) bond motifs is 1. The van der Waals surface area contributed by atoms with E-state index in [1.807, 2.05) is 44.2 Å². The number of ether oxygens (including phenoxy) is 1. The molecular formula is C22H26N2O5. The standard InChI is InChI=1S/C22H26N2O5/c1-13-7-6-8-14(2)19(13)23-20(26)15(3)29-18(25)11-12-24-21(27)16-9-4-5-10-17(16)22(24)28/h4-8,15-17H,9-12H2,1-3H3,(H,23,26)/t15-,16-,17+/m0/s1. The van der Waals surface area contributed by atoms with Gasteiger partial charge in [0, 0.05) is 12.2 Å². The molecule has 1 fully saturated rings. The number of nitrogens with zero attached hydrogens (tertiary/aromatic N) is 1. The Morgan fingerprint density at radius 2 is 1.66 bits per heavy atom. The number of rotatable bonds is 6. The Morgan fingerprint density at radius 1 is 1.10 bits per heavy atom. The number of allylic oxidation sites excluding steroid dienone is 2. The fourth-order valence-electron chi connectivity index (χ4n) is 3.84. The van der Waals surface area contributed by atoms with Crippen LogP contribution in [0.3, 0.4) is 0 Å². The molecule has 1 aliphatic carbocycles. The number of carbonyl (C=O) groups is 4. The number of anilines is 1. The maximum Gasteiger partial charge on any atom is 0.308 e. The number of aryl methyl sites for hydroxylation is 2. The highest BCUT2D eigenvalue weighted by Crippen LogP contribution is 2.35. The van der Waals surface area contributed by atoms with Crippen molar-refractivity contribution < 1.29 is 23.9 Å². The first-order valence-corrected chi connectivity index (χ1v) is 9.86. The molecule has 1 aromatic carbocycles. The van der Waals surface area contributed by atoms with Gasteiger partial charge in [-0.1, -0.05) is 30.4 Å². The zero-order valence-electron chi connectivity index (χ0n) is 16.9. The minimum atomic E-state index is -0.988. The maximum absolute atomic E-state index is 12.4. The normalized spacial score (nSPS) is 21.7. The number of imide groups is 1. The fourth-order valence-corrected chi connectivity index (χ4v) is 3.84. The van der Waals surface area contributed by atoms with E-state index in [-0.39, 0.29) is 36.6 Å². The molecule has 1 heterocycles. The minimum Gasteiger partial charge on any atom is -0.452 e. The van der Waals surface area contributed by atoms with Crippen molar-refractivity contribution in [3.8, 4) is 0 Å². The number of hydrogen-bond donors (Lipinski definition) is 1. The number of carbonyl (C=O) groups excluding carboxylic acids is 4. The van der Waals surface area contributed by atoms with Gasteiger partial charge in [-0.25, -0.2) is 0 Å². The van der Waals surface area contributed by atoms with Crippen molar-refractivity contribution in [1.82, 2.24) is 4.90 Å². The lowest BCUT2D eigenvalue weighted by molar-refractivity contribution is -0.154. The van der Waals surface area contributed by atoms with Gasteiger partial charge in [-0.05, 0) is 44.7 Å². The van der Waals surface area contributed by atoms with Crippen molar-refractivity contribution in [1.29, 1.82) is 0 Å². The van der Waals surface area contributed by atoms with Gasteiger partial charge in [0.1, 0.15) is 0 Å². The lowest BCUT2D eigenvalue weighted by Gasteiger charge is -2.17. The molecule has 0 spiro atoms. The van der Waals surface area contributed by atoms with Gasteiger partial charge in [0.05, 0.1) is 18.3 Å². The molecule has 0 radical (unpaired) electrons. The number of likely N-dealkylation sites (tertiary alicyclic amines) is 1. The second kappa shape index (κ2) is 8.59. The van der Waals surface area contributed by atoms with Crippen LogP contribution < -0.4 is 5.32 Å². The molecule has 1 aromatic rings. The highest BCUT2D eigenvalue weighted by atomic mass is 16.5. The summed E-state index contributed by atoms with van der Waals surface area (Å²) in [6.07, 6.45) is 3.84. The minimum absolute atomic E-state index is 0.0191. The topological polar surface area (TPSA) is 92.8 Å². The van der Waals surface area contributed by atoms with Gasteiger partial charge in [0.15, 0.2) is 6.10 Å². The molecule has 0 saturated carbocycles. The van der Waals surface area contributed by atoms with Crippen molar-refractivity contribution in [2.75, 3.05) is 11.9 Å². The molecule has 3 atom stereocenters. The van der Waals surface area contributed by atoms with Gasteiger partial charge in [0.25, 0.3) is 5.91 Å². The smallest absolute Gasteiger partial charge is 0.308 e. The first-order valence-electron chi connectivity index (χ1n) is 9.86. The maximum atomic E-state index is 12.4. The van der Waals surface area contributed by atoms with Crippen LogP contribution in [0.15, 0.2) is 30.4 Å². The molecule has 1 saturated heterocycles. The van der Waals surface area contributed by atoms with Gasteiger partial charge in [-0.15, -0.1) is 0 Å². The zero-order chi connectivity index (χ0) is 21.1. The van der Waals surface area contributed by atoms with Crippen molar-refractivity contribution in [2.24, 2.45) is 11.8 Å². The molecule has 154 valence electrons. The number of hydrogen-bond acceptors (Lipinski definition) is 5. The third-order valence-electron chi connectivity index (χ3n) is 5.55. The summed E-state index contributed by atoms with van der Waals surface area (Å²) in [4.78, 5) is 50.5. The average Bonchev–Trinajstić information content (AvgIpc) is 2.93. The van der Waals surface area contributed by atoms with Crippen LogP contribution in [0.4, 0.5) is 5.69 Å². The molecular weight excluding hydrogens is 372 g/mol. The van der Waals surface area contributed by atoms with Crippen LogP contribution in [0.5, 0.6) is 0 Å². The molecule has 1 N–H and O–H groups in total. The Balaban J connectivity index is 1.51. The number of benzene rings is 1. The number of para-hydroxylation sites is 1. The second-order valence-corrected chi connectivity index (χ2v) is 7.62. The molecule has 2 aliphatic rings. The Hall–Kier alpha value is -2.96. The van der Waals surface area contributed by atoms with E-state index in [1.165, 1.54) is 6.92 Å². The van der Waals surface area contributed by atoms with E-state index in [0.717, 1.165) is 16.0 Å². The molecule has 1 aliphatic heterocycles. The lowest BCUT2D eigenvalue weighted by atomic mass is 9.85. The van der Waals surface area contributed by atoms with Crippen molar-refractivity contribution >= 4 is 29.4 Å². The lowest BCUT2D eigenvalue weighted by Crippen LogP contribution is -2.35. The zero-order valence-corrected chi connectivity index (χ0v) is 16.9. The number of amides is 3. The predicted octanol–water partition coefficient (Wildman–Crippen LogP) is 2.51. The number of nitrogens with one attached hydrogen (secondary N) is 1. The van der Waals surface area contributed by atoms with Crippen LogP contribution in [0.1, 0.15) is 37.3 Å². The Morgan fingerprint density at radius 3 is 2.21 bits per heavy atom. The molecule has 0 aromatic heterocycles. The Bertz CT molecular complexity index is 830. The summed E-state index contributed by atoms with van der Waals surface area (Å²) in [5.41, 5.74) is 2.53. The average molecular weight is 398 g/mol. The highest BCUT2D eigenvalue weighted by molar-refractivity contribution is 6.05.